The van der Waals surface area contributed by atoms with Crippen molar-refractivity contribution < 1.29 is 4.79 Å². The van der Waals surface area contributed by atoms with Crippen LogP contribution in [-0.4, -0.2) is 36.8 Å². The summed E-state index contributed by atoms with van der Waals surface area (Å²) in [5.41, 5.74) is 4.15. The van der Waals surface area contributed by atoms with Gasteiger partial charge in [-0.15, -0.1) is 0 Å². The van der Waals surface area contributed by atoms with Crippen LogP contribution < -0.4 is 0 Å². The Labute approximate surface area is 168 Å². The molecule has 0 bridgehead atoms. The van der Waals surface area contributed by atoms with Crippen LogP contribution in [0.4, 0.5) is 0 Å². The molecule has 4 aromatic heterocycles. The molecule has 1 saturated carbocycles. The molecule has 6 heteroatoms. The number of carbonyl (C=O) groups is 1. The summed E-state index contributed by atoms with van der Waals surface area (Å²) in [5, 5.41) is 0.917. The minimum Gasteiger partial charge on any atom is -0.330 e. The van der Waals surface area contributed by atoms with E-state index in [1.54, 1.807) is 31.0 Å². The number of amides is 1. The molecule has 1 aliphatic carbocycles. The Morgan fingerprint density at radius 1 is 0.966 bits per heavy atom. The van der Waals surface area contributed by atoms with Crippen LogP contribution in [0, 0.1) is 0 Å². The molecule has 0 spiro atoms. The second-order valence-electron chi connectivity index (χ2n) is 7.21. The molecule has 4 heterocycles. The first kappa shape index (κ1) is 17.4. The number of hydrogen-bond acceptors (Lipinski definition) is 5. The summed E-state index contributed by atoms with van der Waals surface area (Å²) in [7, 11) is 0. The van der Waals surface area contributed by atoms with E-state index < -0.39 is 0 Å². The lowest BCUT2D eigenvalue weighted by Crippen LogP contribution is -2.33. The van der Waals surface area contributed by atoms with Crippen molar-refractivity contribution in [1.29, 1.82) is 0 Å². The Kier molecular flexibility index (Phi) is 4.44. The van der Waals surface area contributed by atoms with Crippen molar-refractivity contribution in [1.82, 2.24) is 24.8 Å². The van der Waals surface area contributed by atoms with Gasteiger partial charge in [0, 0.05) is 55.2 Å². The van der Waals surface area contributed by atoms with Crippen LogP contribution in [0.5, 0.6) is 0 Å². The van der Waals surface area contributed by atoms with E-state index in [1.807, 2.05) is 47.5 Å². The SMILES string of the molecule is O=C(c1cc(-c2ccncc2)c2cnccc2n1)N(Cc1cccnc1)C1CC1. The minimum absolute atomic E-state index is 0.0506. The van der Waals surface area contributed by atoms with Crippen LogP contribution in [0.3, 0.4) is 0 Å². The molecule has 1 fully saturated rings. The van der Waals surface area contributed by atoms with Gasteiger partial charge in [0.15, 0.2) is 0 Å². The molecule has 0 aromatic carbocycles. The van der Waals surface area contributed by atoms with Crippen molar-refractivity contribution in [2.75, 3.05) is 0 Å². The average molecular weight is 381 g/mol. The summed E-state index contributed by atoms with van der Waals surface area (Å²) in [6.07, 6.45) is 12.6. The molecule has 6 nitrogen and oxygen atoms in total. The zero-order chi connectivity index (χ0) is 19.6. The summed E-state index contributed by atoms with van der Waals surface area (Å²) >= 11 is 0. The lowest BCUT2D eigenvalue weighted by atomic mass is 10.0. The van der Waals surface area contributed by atoms with Gasteiger partial charge in [0.2, 0.25) is 0 Å². The molecule has 0 unspecified atom stereocenters. The van der Waals surface area contributed by atoms with E-state index in [4.69, 9.17) is 0 Å². The van der Waals surface area contributed by atoms with Gasteiger partial charge in [0.05, 0.1) is 5.52 Å². The molecular weight excluding hydrogens is 362 g/mol. The highest BCUT2D eigenvalue weighted by Gasteiger charge is 2.34. The van der Waals surface area contributed by atoms with Gasteiger partial charge in [0.1, 0.15) is 5.69 Å². The Morgan fingerprint density at radius 3 is 2.52 bits per heavy atom. The van der Waals surface area contributed by atoms with E-state index >= 15 is 0 Å². The number of rotatable bonds is 5. The van der Waals surface area contributed by atoms with Crippen LogP contribution in [0.1, 0.15) is 28.9 Å². The first-order valence-corrected chi connectivity index (χ1v) is 9.64. The topological polar surface area (TPSA) is 71.9 Å². The third-order valence-corrected chi connectivity index (χ3v) is 5.14. The van der Waals surface area contributed by atoms with E-state index in [0.29, 0.717) is 12.2 Å². The summed E-state index contributed by atoms with van der Waals surface area (Å²) < 4.78 is 0. The summed E-state index contributed by atoms with van der Waals surface area (Å²) in [4.78, 5) is 32.6. The molecule has 1 aliphatic rings. The molecule has 0 saturated heterocycles. The molecule has 0 aliphatic heterocycles. The molecule has 0 radical (unpaired) electrons. The van der Waals surface area contributed by atoms with Crippen LogP contribution >= 0.6 is 0 Å². The van der Waals surface area contributed by atoms with Crippen molar-refractivity contribution in [2.24, 2.45) is 0 Å². The van der Waals surface area contributed by atoms with Gasteiger partial charge in [-0.2, -0.15) is 0 Å². The third kappa shape index (κ3) is 3.57. The maximum absolute atomic E-state index is 13.5. The standard InChI is InChI=1S/C23H19N5O/c29-23(28(18-3-4-18)15-16-2-1-8-25-13-16)22-12-19(17-5-9-24-10-6-17)20-14-26-11-7-21(20)27-22/h1-2,5-14,18H,3-4,15H2. The Bertz CT molecular complexity index is 1160. The Morgan fingerprint density at radius 2 is 1.76 bits per heavy atom. The Balaban J connectivity index is 1.57. The fourth-order valence-electron chi connectivity index (χ4n) is 3.54. The van der Waals surface area contributed by atoms with Gasteiger partial charge < -0.3 is 4.90 Å². The van der Waals surface area contributed by atoms with Gasteiger partial charge in [-0.3, -0.25) is 19.7 Å². The average Bonchev–Trinajstić information content (AvgIpc) is 3.63. The van der Waals surface area contributed by atoms with E-state index in [1.165, 1.54) is 0 Å². The van der Waals surface area contributed by atoms with Crippen molar-refractivity contribution in [3.8, 4) is 11.1 Å². The number of carbonyl (C=O) groups excluding carboxylic acids is 1. The molecule has 0 N–H and O–H groups in total. The van der Waals surface area contributed by atoms with E-state index in [2.05, 4.69) is 19.9 Å². The van der Waals surface area contributed by atoms with Crippen LogP contribution in [0.15, 0.2) is 73.6 Å². The number of nitrogens with zero attached hydrogens (tertiary/aromatic N) is 5. The molecule has 5 rings (SSSR count). The zero-order valence-corrected chi connectivity index (χ0v) is 15.8. The molecule has 0 atom stereocenters. The summed E-state index contributed by atoms with van der Waals surface area (Å²) in [5.74, 6) is -0.0506. The van der Waals surface area contributed by atoms with Gasteiger partial charge >= 0.3 is 0 Å². The molecule has 4 aromatic rings. The van der Waals surface area contributed by atoms with Crippen molar-refractivity contribution in [3.63, 3.8) is 0 Å². The van der Waals surface area contributed by atoms with Gasteiger partial charge in [-0.1, -0.05) is 6.07 Å². The monoisotopic (exact) mass is 381 g/mol. The lowest BCUT2D eigenvalue weighted by molar-refractivity contribution is 0.0724. The molecule has 29 heavy (non-hydrogen) atoms. The number of aromatic nitrogens is 4. The number of hydrogen-bond donors (Lipinski definition) is 0. The quantitative estimate of drug-likeness (QED) is 0.524. The highest BCUT2D eigenvalue weighted by atomic mass is 16.2. The molecular formula is C23H19N5O. The summed E-state index contributed by atoms with van der Waals surface area (Å²) in [6, 6.07) is 11.8. The smallest absolute Gasteiger partial charge is 0.273 e. The van der Waals surface area contributed by atoms with Crippen LogP contribution in [0.2, 0.25) is 0 Å². The highest BCUT2D eigenvalue weighted by molar-refractivity contribution is 6.01. The Hall–Kier alpha value is -3.67. The zero-order valence-electron chi connectivity index (χ0n) is 15.8. The number of fused-ring (bicyclic) bond motifs is 1. The maximum Gasteiger partial charge on any atom is 0.273 e. The van der Waals surface area contributed by atoms with Crippen molar-refractivity contribution in [2.45, 2.75) is 25.4 Å². The van der Waals surface area contributed by atoms with E-state index in [9.17, 15) is 4.79 Å². The normalized spacial score (nSPS) is 13.4. The van der Waals surface area contributed by atoms with Crippen molar-refractivity contribution in [3.05, 3.63) is 84.8 Å². The predicted octanol–water partition coefficient (Wildman–Crippen LogP) is 3.89. The van der Waals surface area contributed by atoms with E-state index in [0.717, 1.165) is 40.4 Å². The third-order valence-electron chi connectivity index (χ3n) is 5.14. The lowest BCUT2D eigenvalue weighted by Gasteiger charge is -2.22. The minimum atomic E-state index is -0.0506. The summed E-state index contributed by atoms with van der Waals surface area (Å²) in [6.45, 7) is 0.540. The van der Waals surface area contributed by atoms with Crippen molar-refractivity contribution >= 4 is 16.8 Å². The second-order valence-corrected chi connectivity index (χ2v) is 7.21. The van der Waals surface area contributed by atoms with Crippen LogP contribution in [-0.2, 0) is 6.54 Å². The highest BCUT2D eigenvalue weighted by Crippen LogP contribution is 2.32. The van der Waals surface area contributed by atoms with Gasteiger partial charge in [0.25, 0.3) is 5.91 Å². The molecule has 1 amide bonds. The second kappa shape index (κ2) is 7.39. The molecule has 142 valence electrons. The van der Waals surface area contributed by atoms with E-state index in [-0.39, 0.29) is 11.9 Å². The number of pyridine rings is 4. The fraction of sp³-hybridized carbons (Fsp3) is 0.174. The first-order chi connectivity index (χ1) is 14.3. The van der Waals surface area contributed by atoms with Gasteiger partial charge in [-0.25, -0.2) is 4.98 Å². The predicted molar refractivity (Wildman–Crippen MR) is 110 cm³/mol. The fourth-order valence-corrected chi connectivity index (χ4v) is 3.54. The largest absolute Gasteiger partial charge is 0.330 e. The van der Waals surface area contributed by atoms with Crippen LogP contribution in [0.25, 0.3) is 22.0 Å². The maximum atomic E-state index is 13.5. The van der Waals surface area contributed by atoms with Gasteiger partial charge in [-0.05, 0) is 59.9 Å². The first-order valence-electron chi connectivity index (χ1n) is 9.64.